The van der Waals surface area contributed by atoms with E-state index in [0.717, 1.165) is 22.9 Å². The van der Waals surface area contributed by atoms with Crippen LogP contribution in [0.1, 0.15) is 31.9 Å². The van der Waals surface area contributed by atoms with Crippen molar-refractivity contribution in [3.63, 3.8) is 0 Å². The summed E-state index contributed by atoms with van der Waals surface area (Å²) in [5.41, 5.74) is 2.46. The van der Waals surface area contributed by atoms with E-state index in [4.69, 9.17) is 4.74 Å². The van der Waals surface area contributed by atoms with Gasteiger partial charge in [-0.05, 0) is 12.2 Å². The first kappa shape index (κ1) is 34.8. The van der Waals surface area contributed by atoms with Crippen molar-refractivity contribution in [3.05, 3.63) is 97.4 Å². The molecule has 0 aliphatic carbocycles. The smallest absolute Gasteiger partial charge is 0 e. The number of benzene rings is 3. The van der Waals surface area contributed by atoms with Gasteiger partial charge in [0.25, 0.3) is 0 Å². The number of rotatable bonds is 4. The van der Waals surface area contributed by atoms with Gasteiger partial charge < -0.3 is 16.9 Å². The summed E-state index contributed by atoms with van der Waals surface area (Å²) in [6.07, 6.45) is 2.65. The molecule has 3 radical (unpaired) electrons. The fourth-order valence-electron chi connectivity index (χ4n) is 3.55. The van der Waals surface area contributed by atoms with Gasteiger partial charge in [-0.3, -0.25) is 4.79 Å². The molecule has 0 aromatic heterocycles. The minimum Gasteiger partial charge on any atom is 0 e. The molecule has 0 fully saturated rings. The van der Waals surface area contributed by atoms with E-state index in [-0.39, 0.29) is 39.7 Å². The topological polar surface area (TPSA) is 52.6 Å². The van der Waals surface area contributed by atoms with Gasteiger partial charge >= 0.3 is 42.7 Å². The molecule has 8 heteroatoms. The van der Waals surface area contributed by atoms with Crippen LogP contribution in [0.3, 0.4) is 0 Å². The summed E-state index contributed by atoms with van der Waals surface area (Å²) in [7, 11) is 3.40. The van der Waals surface area contributed by atoms with Crippen molar-refractivity contribution in [2.75, 3.05) is 0 Å². The minimum atomic E-state index is -0.637. The Labute approximate surface area is 249 Å². The third kappa shape index (κ3) is 8.96. The molecule has 2 atom stereocenters. The Kier molecular flexibility index (Phi) is 16.7. The first-order valence-electron chi connectivity index (χ1n) is 10.7. The first-order valence-corrected chi connectivity index (χ1v) is 16.1. The number of ether oxygens (including phenoxy) is 2. The van der Waals surface area contributed by atoms with Crippen molar-refractivity contribution < 1.29 is 39.5 Å². The number of fused-ring (bicyclic) bond motifs is 2. The third-order valence-electron chi connectivity index (χ3n) is 5.13. The number of esters is 1. The van der Waals surface area contributed by atoms with Crippen LogP contribution < -0.4 is 20.7 Å². The second-order valence-electron chi connectivity index (χ2n) is 7.66. The zero-order valence-electron chi connectivity index (χ0n) is 21.1. The average molecular weight is 808 g/mol. The van der Waals surface area contributed by atoms with Crippen LogP contribution in [0.15, 0.2) is 78.9 Å². The molecule has 0 saturated heterocycles. The largest absolute Gasteiger partial charge is 0 e. The van der Waals surface area contributed by atoms with Gasteiger partial charge in [0.15, 0.2) is 0 Å². The molecule has 0 bridgehead atoms. The van der Waals surface area contributed by atoms with Crippen LogP contribution >= 0.6 is 17.8 Å². The summed E-state index contributed by atoms with van der Waals surface area (Å²) >= 11 is 1.31. The predicted octanol–water partition coefficient (Wildman–Crippen LogP) is 5.16. The molecule has 3 aromatic carbocycles. The van der Waals surface area contributed by atoms with Gasteiger partial charge in [0.2, 0.25) is 0 Å². The van der Waals surface area contributed by atoms with Gasteiger partial charge in [-0.25, -0.2) is 4.79 Å². The van der Waals surface area contributed by atoms with Crippen LogP contribution in [0.4, 0.5) is 0 Å². The zero-order valence-corrected chi connectivity index (χ0v) is 28.7. The fourth-order valence-corrected chi connectivity index (χ4v) is 5.02. The third-order valence-corrected chi connectivity index (χ3v) is 6.87. The Balaban J connectivity index is 0.000000885. The fraction of sp³-hybridized carbons (Fsp3) is 0.179. The molecule has 193 valence electrons. The van der Waals surface area contributed by atoms with E-state index in [1.54, 1.807) is 6.92 Å². The number of hydrogen-bond acceptors (Lipinski definition) is 4. The maximum absolute atomic E-state index is 10.1. The van der Waals surface area contributed by atoms with Crippen molar-refractivity contribution in [1.29, 1.82) is 0 Å². The predicted molar refractivity (Wildman–Crippen MR) is 153 cm³/mol. The van der Waals surface area contributed by atoms with E-state index in [9.17, 15) is 9.59 Å². The monoisotopic (exact) mass is 808 g/mol. The summed E-state index contributed by atoms with van der Waals surface area (Å²) in [5.74, 6) is 1.39. The van der Waals surface area contributed by atoms with E-state index >= 15 is 0 Å². The van der Waals surface area contributed by atoms with Gasteiger partial charge in [-0.15, -0.1) is 9.24 Å². The summed E-state index contributed by atoms with van der Waals surface area (Å²) < 4.78 is 12.4. The summed E-state index contributed by atoms with van der Waals surface area (Å²) in [6.45, 7) is 6.33. The molecule has 1 heterocycles. The second kappa shape index (κ2) is 17.3. The minimum absolute atomic E-state index is 0. The molecule has 3 aromatic rings. The van der Waals surface area contributed by atoms with E-state index < -0.39 is 5.97 Å². The van der Waals surface area contributed by atoms with Crippen LogP contribution in [0.5, 0.6) is 11.5 Å². The summed E-state index contributed by atoms with van der Waals surface area (Å²) in [5, 5.41) is 3.71. The zero-order chi connectivity index (χ0) is 25.1. The normalized spacial score (nSPS) is 12.2. The molecule has 36 heavy (non-hydrogen) atoms. The molecule has 0 spiro atoms. The van der Waals surface area contributed by atoms with E-state index in [0.29, 0.717) is 8.58 Å². The maximum Gasteiger partial charge on any atom is 0 e. The van der Waals surface area contributed by atoms with Crippen LogP contribution in [-0.2, 0) is 40.2 Å². The Hall–Kier alpha value is -1.22. The van der Waals surface area contributed by atoms with Crippen molar-refractivity contribution in [3.8, 4) is 11.5 Å². The van der Waals surface area contributed by atoms with E-state index in [1.165, 1.54) is 53.6 Å². The molecular weight excluding hydrogens is 776 g/mol. The second-order valence-corrected chi connectivity index (χ2v) is 9.65. The van der Waals surface area contributed by atoms with Gasteiger partial charge in [0.05, 0.1) is 0 Å². The maximum atomic E-state index is 10.1. The quantitative estimate of drug-likeness (QED) is 0.0697. The van der Waals surface area contributed by atoms with Gasteiger partial charge in [0.1, 0.15) is 11.5 Å². The number of para-hydroxylation sites is 2. The van der Waals surface area contributed by atoms with Gasteiger partial charge in [0, 0.05) is 53.6 Å². The standard InChI is InChI=1S/C21H20OP2.C5H6O3.2CH3.Pb.Pd/c1-21(2)15-10-6-12-17(23)19(15)22-20-16(21)11-7-13-18(20)24-14-8-4-3-5-9-14;1-2-3-5(7)8-4-6;;;;/h3-13,24H,23H2,1-2H3;2-4H,1H3;2*1H3;;/q;;;-1;;/b;3-2-;;;;. The Morgan fingerprint density at radius 2 is 1.56 bits per heavy atom. The van der Waals surface area contributed by atoms with Crippen LogP contribution in [0.2, 0.25) is 4.48 Å². The van der Waals surface area contributed by atoms with Gasteiger partial charge in [-0.2, -0.15) is 0 Å². The number of hydrogen-bond donors (Lipinski definition) is 0. The molecule has 4 rings (SSSR count). The Morgan fingerprint density at radius 1 is 0.972 bits per heavy atom. The Morgan fingerprint density at radius 3 is 2.14 bits per heavy atom. The SMILES string of the molecule is C/C=C\C(=O)OC=O.CC1(C)c2cccc(P)c2Oc2c(Pc3ccccc3)cccc21.[CH3-].[CH3][Pb].[Pd]. The van der Waals surface area contributed by atoms with Crippen LogP contribution in [0, 0.1) is 7.43 Å². The summed E-state index contributed by atoms with van der Waals surface area (Å²) in [6, 6.07) is 23.5. The molecule has 0 N–H and O–H groups in total. The van der Waals surface area contributed by atoms with Crippen LogP contribution in [0.25, 0.3) is 0 Å². The Bertz CT molecular complexity index is 1150. The number of carbonyl (C=O) groups is 2. The molecule has 1 aliphatic rings. The molecule has 4 nitrogen and oxygen atoms in total. The molecule has 0 amide bonds. The van der Waals surface area contributed by atoms with Crippen molar-refractivity contribution >= 4 is 71.9 Å². The van der Waals surface area contributed by atoms with Crippen molar-refractivity contribution in [2.24, 2.45) is 0 Å². The van der Waals surface area contributed by atoms with Crippen molar-refractivity contribution in [2.45, 2.75) is 30.7 Å². The van der Waals surface area contributed by atoms with E-state index in [1.807, 2.05) is 0 Å². The van der Waals surface area contributed by atoms with E-state index in [2.05, 4.69) is 99.0 Å². The number of allylic oxidation sites excluding steroid dienone is 1. The molecule has 1 aliphatic heterocycles. The first-order chi connectivity index (χ1) is 16.4. The molecule has 0 saturated carbocycles. The average Bonchev–Trinajstić information content (AvgIpc) is 2.83. The van der Waals surface area contributed by atoms with Crippen molar-refractivity contribution in [1.82, 2.24) is 0 Å². The van der Waals surface area contributed by atoms with Crippen LogP contribution in [-0.4, -0.2) is 38.2 Å². The van der Waals surface area contributed by atoms with Gasteiger partial charge in [-0.1, -0.05) is 95.2 Å². The number of carbonyl (C=O) groups excluding carboxylic acids is 2. The summed E-state index contributed by atoms with van der Waals surface area (Å²) in [4.78, 5) is 19.5. The molecular formula is C28H32O4P2PbPd-. The molecule has 2 unspecified atom stereocenters.